The normalized spacial score (nSPS) is 9.94. The van der Waals surface area contributed by atoms with E-state index in [-0.39, 0.29) is 5.82 Å². The topological polar surface area (TPSA) is 49.6 Å². The monoisotopic (exact) mass is 227 g/mol. The van der Waals surface area contributed by atoms with Crippen molar-refractivity contribution < 1.29 is 4.39 Å². The highest BCUT2D eigenvalue weighted by Crippen LogP contribution is 2.09. The Morgan fingerprint density at radius 2 is 1.94 bits per heavy atom. The largest absolute Gasteiger partial charge is 0.238 e. The van der Waals surface area contributed by atoms with Crippen LogP contribution in [0.25, 0.3) is 0 Å². The number of hydrogen-bond acceptors (Lipinski definition) is 3. The van der Waals surface area contributed by atoms with E-state index >= 15 is 0 Å². The minimum atomic E-state index is -0.259. The van der Waals surface area contributed by atoms with Crippen molar-refractivity contribution in [1.82, 2.24) is 9.97 Å². The molecule has 0 saturated heterocycles. The molecule has 1 heterocycles. The van der Waals surface area contributed by atoms with Gasteiger partial charge in [0.15, 0.2) is 0 Å². The fourth-order valence-corrected chi connectivity index (χ4v) is 1.59. The maximum atomic E-state index is 12.7. The molecule has 0 aliphatic heterocycles. The molecule has 0 N–H and O–H groups in total. The van der Waals surface area contributed by atoms with Crippen LogP contribution >= 0.6 is 0 Å². The summed E-state index contributed by atoms with van der Waals surface area (Å²) in [5.74, 6) is 0.312. The van der Waals surface area contributed by atoms with Gasteiger partial charge in [-0.05, 0) is 30.7 Å². The van der Waals surface area contributed by atoms with Crippen LogP contribution in [0.1, 0.15) is 22.8 Å². The van der Waals surface area contributed by atoms with Gasteiger partial charge in [0.05, 0.1) is 0 Å². The highest BCUT2D eigenvalue weighted by molar-refractivity contribution is 5.27. The van der Waals surface area contributed by atoms with Gasteiger partial charge in [0.25, 0.3) is 0 Å². The van der Waals surface area contributed by atoms with E-state index in [0.717, 1.165) is 11.3 Å². The number of nitrogens with zero attached hydrogens (tertiary/aromatic N) is 3. The molecule has 17 heavy (non-hydrogen) atoms. The Hall–Kier alpha value is -2.28. The number of aromatic nitrogens is 2. The van der Waals surface area contributed by atoms with Crippen LogP contribution in [0.5, 0.6) is 0 Å². The first-order valence-corrected chi connectivity index (χ1v) is 5.16. The summed E-state index contributed by atoms with van der Waals surface area (Å²) in [6, 6.07) is 9.88. The van der Waals surface area contributed by atoms with Gasteiger partial charge in [-0.2, -0.15) is 5.26 Å². The van der Waals surface area contributed by atoms with Crippen molar-refractivity contribution in [2.45, 2.75) is 13.3 Å². The van der Waals surface area contributed by atoms with Crippen molar-refractivity contribution in [3.63, 3.8) is 0 Å². The summed E-state index contributed by atoms with van der Waals surface area (Å²) >= 11 is 0. The van der Waals surface area contributed by atoms with Crippen molar-refractivity contribution in [2.75, 3.05) is 0 Å². The standard InChI is InChI=1S/C13H10FN3/c1-9-16-12(7-13(8-15)17-9)6-10-2-4-11(14)5-3-10/h2-5,7H,6H2,1H3. The van der Waals surface area contributed by atoms with Crippen LogP contribution < -0.4 is 0 Å². The van der Waals surface area contributed by atoms with E-state index in [4.69, 9.17) is 5.26 Å². The third-order valence-corrected chi connectivity index (χ3v) is 2.30. The molecule has 0 radical (unpaired) electrons. The Balaban J connectivity index is 2.27. The van der Waals surface area contributed by atoms with Crippen LogP contribution in [0.3, 0.4) is 0 Å². The fourth-order valence-electron chi connectivity index (χ4n) is 1.59. The minimum absolute atomic E-state index is 0.259. The molecule has 0 unspecified atom stereocenters. The Morgan fingerprint density at radius 1 is 1.24 bits per heavy atom. The highest BCUT2D eigenvalue weighted by atomic mass is 19.1. The highest BCUT2D eigenvalue weighted by Gasteiger charge is 2.03. The van der Waals surface area contributed by atoms with Gasteiger partial charge in [0.1, 0.15) is 23.4 Å². The third-order valence-electron chi connectivity index (χ3n) is 2.30. The zero-order valence-corrected chi connectivity index (χ0v) is 9.31. The molecule has 0 amide bonds. The fraction of sp³-hybridized carbons (Fsp3) is 0.154. The van der Waals surface area contributed by atoms with Crippen molar-refractivity contribution in [1.29, 1.82) is 5.26 Å². The number of halogens is 1. The predicted octanol–water partition coefficient (Wildman–Crippen LogP) is 2.39. The molecule has 0 aliphatic rings. The lowest BCUT2D eigenvalue weighted by molar-refractivity contribution is 0.627. The molecule has 84 valence electrons. The second-order valence-electron chi connectivity index (χ2n) is 3.71. The average molecular weight is 227 g/mol. The lowest BCUT2D eigenvalue weighted by atomic mass is 10.1. The Kier molecular flexibility index (Phi) is 3.10. The van der Waals surface area contributed by atoms with Gasteiger partial charge in [-0.15, -0.1) is 0 Å². The molecule has 0 fully saturated rings. The molecule has 1 aromatic heterocycles. The first-order chi connectivity index (χ1) is 8.17. The van der Waals surface area contributed by atoms with Crippen LogP contribution in [0, 0.1) is 24.1 Å². The second-order valence-corrected chi connectivity index (χ2v) is 3.71. The van der Waals surface area contributed by atoms with Crippen LogP contribution in [0.2, 0.25) is 0 Å². The first-order valence-electron chi connectivity index (χ1n) is 5.16. The number of benzene rings is 1. The summed E-state index contributed by atoms with van der Waals surface area (Å²) in [5.41, 5.74) is 2.07. The van der Waals surface area contributed by atoms with Crippen LogP contribution in [-0.2, 0) is 6.42 Å². The molecular formula is C13H10FN3. The van der Waals surface area contributed by atoms with E-state index in [1.165, 1.54) is 12.1 Å². The lowest BCUT2D eigenvalue weighted by Crippen LogP contribution is -1.99. The molecule has 1 aromatic carbocycles. The van der Waals surface area contributed by atoms with Gasteiger partial charge >= 0.3 is 0 Å². The molecule has 3 nitrogen and oxygen atoms in total. The molecule has 0 spiro atoms. The van der Waals surface area contributed by atoms with E-state index in [0.29, 0.717) is 17.9 Å². The van der Waals surface area contributed by atoms with Gasteiger partial charge < -0.3 is 0 Å². The van der Waals surface area contributed by atoms with Crippen LogP contribution in [0.4, 0.5) is 4.39 Å². The molecular weight excluding hydrogens is 217 g/mol. The SMILES string of the molecule is Cc1nc(C#N)cc(Cc2ccc(F)cc2)n1. The maximum absolute atomic E-state index is 12.7. The van der Waals surface area contributed by atoms with Crippen molar-refractivity contribution in [2.24, 2.45) is 0 Å². The summed E-state index contributed by atoms with van der Waals surface area (Å²) in [5, 5.41) is 8.80. The molecule has 2 aromatic rings. The first kappa shape index (κ1) is 11.2. The molecule has 0 bridgehead atoms. The number of rotatable bonds is 2. The van der Waals surface area contributed by atoms with Gasteiger partial charge in [0, 0.05) is 12.1 Å². The summed E-state index contributed by atoms with van der Waals surface area (Å²) in [7, 11) is 0. The van der Waals surface area contributed by atoms with Crippen LogP contribution in [-0.4, -0.2) is 9.97 Å². The lowest BCUT2D eigenvalue weighted by Gasteiger charge is -2.02. The number of nitriles is 1. The molecule has 4 heteroatoms. The van der Waals surface area contributed by atoms with Crippen LogP contribution in [0.15, 0.2) is 30.3 Å². The van der Waals surface area contributed by atoms with Crippen molar-refractivity contribution >= 4 is 0 Å². The summed E-state index contributed by atoms with van der Waals surface area (Å²) in [6.45, 7) is 1.75. The van der Waals surface area contributed by atoms with E-state index in [9.17, 15) is 4.39 Å². The van der Waals surface area contributed by atoms with Gasteiger partial charge in [-0.1, -0.05) is 12.1 Å². The second kappa shape index (κ2) is 4.71. The third kappa shape index (κ3) is 2.85. The van der Waals surface area contributed by atoms with E-state index in [1.807, 2.05) is 6.07 Å². The Morgan fingerprint density at radius 3 is 2.59 bits per heavy atom. The number of aryl methyl sites for hydroxylation is 1. The van der Waals surface area contributed by atoms with E-state index in [1.54, 1.807) is 25.1 Å². The van der Waals surface area contributed by atoms with E-state index < -0.39 is 0 Å². The smallest absolute Gasteiger partial charge is 0.144 e. The predicted molar refractivity (Wildman–Crippen MR) is 60.7 cm³/mol. The minimum Gasteiger partial charge on any atom is -0.238 e. The van der Waals surface area contributed by atoms with Gasteiger partial charge in [-0.3, -0.25) is 0 Å². The quantitative estimate of drug-likeness (QED) is 0.791. The zero-order valence-electron chi connectivity index (χ0n) is 9.31. The zero-order chi connectivity index (χ0) is 12.3. The average Bonchev–Trinajstić information content (AvgIpc) is 2.31. The Labute approximate surface area is 98.6 Å². The molecule has 0 aliphatic carbocycles. The van der Waals surface area contributed by atoms with Gasteiger partial charge in [-0.25, -0.2) is 14.4 Å². The molecule has 0 atom stereocenters. The Bertz CT molecular complexity index is 570. The van der Waals surface area contributed by atoms with Gasteiger partial charge in [0.2, 0.25) is 0 Å². The molecule has 0 saturated carbocycles. The summed E-state index contributed by atoms with van der Waals surface area (Å²) < 4.78 is 12.7. The summed E-state index contributed by atoms with van der Waals surface area (Å²) in [6.07, 6.45) is 0.568. The maximum Gasteiger partial charge on any atom is 0.144 e. The summed E-state index contributed by atoms with van der Waals surface area (Å²) in [4.78, 5) is 8.22. The number of hydrogen-bond donors (Lipinski definition) is 0. The molecule has 2 rings (SSSR count). The van der Waals surface area contributed by atoms with Crippen molar-refractivity contribution in [3.8, 4) is 6.07 Å². The van der Waals surface area contributed by atoms with Crippen molar-refractivity contribution in [3.05, 3.63) is 58.9 Å². The van der Waals surface area contributed by atoms with E-state index in [2.05, 4.69) is 9.97 Å².